The van der Waals surface area contributed by atoms with Crippen molar-refractivity contribution in [3.05, 3.63) is 18.3 Å². The van der Waals surface area contributed by atoms with Gasteiger partial charge in [-0.15, -0.1) is 0 Å². The standard InChI is InChI=1S/C16H21N3O2S/c1-19-12-8-5-9-17-15(12)22-13(16(19)21)10-14(20)18-11-6-3-2-4-7-11/h5,8-9,11,13H,2-4,6-7,10H2,1H3,(H,18,20)/t13-/m0/s1. The number of pyridine rings is 1. The van der Waals surface area contributed by atoms with Gasteiger partial charge in [0.1, 0.15) is 5.03 Å². The lowest BCUT2D eigenvalue weighted by Gasteiger charge is -2.30. The van der Waals surface area contributed by atoms with Crippen LogP contribution < -0.4 is 10.2 Å². The Bertz CT molecular complexity index is 572. The number of nitrogens with one attached hydrogen (secondary N) is 1. The molecule has 1 aliphatic heterocycles. The number of carbonyl (C=O) groups is 2. The summed E-state index contributed by atoms with van der Waals surface area (Å²) in [6, 6.07) is 3.98. The van der Waals surface area contributed by atoms with E-state index in [0.29, 0.717) is 0 Å². The zero-order valence-electron chi connectivity index (χ0n) is 12.7. The molecule has 5 nitrogen and oxygen atoms in total. The summed E-state index contributed by atoms with van der Waals surface area (Å²) in [5, 5.41) is 3.52. The molecule has 1 N–H and O–H groups in total. The highest BCUT2D eigenvalue weighted by molar-refractivity contribution is 8.00. The van der Waals surface area contributed by atoms with E-state index < -0.39 is 0 Å². The van der Waals surface area contributed by atoms with Crippen molar-refractivity contribution in [2.45, 2.75) is 54.8 Å². The molecule has 1 saturated carbocycles. The molecule has 3 rings (SSSR count). The Labute approximate surface area is 134 Å². The molecule has 1 atom stereocenters. The molecule has 0 spiro atoms. The Hall–Kier alpha value is -1.56. The van der Waals surface area contributed by atoms with Gasteiger partial charge in [-0.05, 0) is 25.0 Å². The van der Waals surface area contributed by atoms with Crippen LogP contribution in [0.2, 0.25) is 0 Å². The van der Waals surface area contributed by atoms with Gasteiger partial charge in [0.25, 0.3) is 0 Å². The minimum atomic E-state index is -0.379. The van der Waals surface area contributed by atoms with Crippen LogP contribution in [0.3, 0.4) is 0 Å². The minimum absolute atomic E-state index is 0.0227. The molecule has 0 radical (unpaired) electrons. The molecule has 0 aromatic carbocycles. The average Bonchev–Trinajstić information content (AvgIpc) is 2.53. The second-order valence-corrected chi connectivity index (χ2v) is 7.13. The minimum Gasteiger partial charge on any atom is -0.353 e. The smallest absolute Gasteiger partial charge is 0.240 e. The lowest BCUT2D eigenvalue weighted by molar-refractivity contribution is -0.125. The van der Waals surface area contributed by atoms with Gasteiger partial charge in [-0.1, -0.05) is 31.0 Å². The topological polar surface area (TPSA) is 62.3 Å². The van der Waals surface area contributed by atoms with Crippen LogP contribution in [-0.2, 0) is 9.59 Å². The van der Waals surface area contributed by atoms with E-state index in [1.165, 1.54) is 31.0 Å². The van der Waals surface area contributed by atoms with Crippen LogP contribution in [0.15, 0.2) is 23.4 Å². The van der Waals surface area contributed by atoms with E-state index in [0.717, 1.165) is 23.6 Å². The highest BCUT2D eigenvalue weighted by Gasteiger charge is 2.34. The Morgan fingerprint density at radius 3 is 2.95 bits per heavy atom. The predicted octanol–water partition coefficient (Wildman–Crippen LogP) is 2.36. The van der Waals surface area contributed by atoms with Crippen LogP contribution in [0, 0.1) is 0 Å². The van der Waals surface area contributed by atoms with E-state index in [1.807, 2.05) is 12.1 Å². The van der Waals surface area contributed by atoms with Gasteiger partial charge in [0.05, 0.1) is 10.9 Å². The largest absolute Gasteiger partial charge is 0.353 e. The summed E-state index contributed by atoms with van der Waals surface area (Å²) >= 11 is 1.40. The van der Waals surface area contributed by atoms with Crippen molar-refractivity contribution in [3.8, 4) is 0 Å². The van der Waals surface area contributed by atoms with Crippen molar-refractivity contribution >= 4 is 29.3 Å². The summed E-state index contributed by atoms with van der Waals surface area (Å²) in [6.45, 7) is 0. The first-order valence-corrected chi connectivity index (χ1v) is 8.71. The summed E-state index contributed by atoms with van der Waals surface area (Å²) < 4.78 is 0. The van der Waals surface area contributed by atoms with Gasteiger partial charge in [0, 0.05) is 25.7 Å². The number of fused-ring (bicyclic) bond motifs is 1. The van der Waals surface area contributed by atoms with E-state index in [-0.39, 0.29) is 29.5 Å². The molecule has 6 heteroatoms. The molecule has 118 valence electrons. The third kappa shape index (κ3) is 3.27. The number of carbonyl (C=O) groups excluding carboxylic acids is 2. The molecule has 1 aromatic rings. The molecule has 1 fully saturated rings. The third-order valence-electron chi connectivity index (χ3n) is 4.31. The summed E-state index contributed by atoms with van der Waals surface area (Å²) in [6.07, 6.45) is 7.68. The number of aromatic nitrogens is 1. The molecule has 2 aliphatic rings. The van der Waals surface area contributed by atoms with Crippen molar-refractivity contribution in [2.24, 2.45) is 0 Å². The Kier molecular flexibility index (Phi) is 4.66. The molecular formula is C16H21N3O2S. The summed E-state index contributed by atoms with van der Waals surface area (Å²) in [5.41, 5.74) is 0.821. The van der Waals surface area contributed by atoms with Crippen molar-refractivity contribution in [1.29, 1.82) is 0 Å². The van der Waals surface area contributed by atoms with Crippen LogP contribution in [0.1, 0.15) is 38.5 Å². The maximum Gasteiger partial charge on any atom is 0.240 e. The highest BCUT2D eigenvalue weighted by atomic mass is 32.2. The van der Waals surface area contributed by atoms with Crippen molar-refractivity contribution < 1.29 is 9.59 Å². The van der Waals surface area contributed by atoms with Gasteiger partial charge in [0.15, 0.2) is 0 Å². The van der Waals surface area contributed by atoms with Crippen LogP contribution in [0.5, 0.6) is 0 Å². The second-order valence-electron chi connectivity index (χ2n) is 5.94. The molecule has 2 heterocycles. The van der Waals surface area contributed by atoms with Gasteiger partial charge < -0.3 is 10.2 Å². The number of thioether (sulfide) groups is 1. The van der Waals surface area contributed by atoms with Crippen LogP contribution in [0.25, 0.3) is 0 Å². The zero-order valence-corrected chi connectivity index (χ0v) is 13.6. The Balaban J connectivity index is 1.63. The van der Waals surface area contributed by atoms with Gasteiger partial charge in [-0.2, -0.15) is 0 Å². The molecule has 22 heavy (non-hydrogen) atoms. The van der Waals surface area contributed by atoms with E-state index in [2.05, 4.69) is 10.3 Å². The lowest BCUT2D eigenvalue weighted by Crippen LogP contribution is -2.43. The van der Waals surface area contributed by atoms with Gasteiger partial charge in [-0.25, -0.2) is 4.98 Å². The van der Waals surface area contributed by atoms with Gasteiger partial charge >= 0.3 is 0 Å². The van der Waals surface area contributed by atoms with Crippen LogP contribution in [-0.4, -0.2) is 35.1 Å². The number of nitrogens with zero attached hydrogens (tertiary/aromatic N) is 2. The number of rotatable bonds is 3. The summed E-state index contributed by atoms with van der Waals surface area (Å²) in [5.74, 6) is -0.0465. The fourth-order valence-corrected chi connectivity index (χ4v) is 4.29. The quantitative estimate of drug-likeness (QED) is 0.929. The Morgan fingerprint density at radius 1 is 1.41 bits per heavy atom. The Morgan fingerprint density at radius 2 is 2.18 bits per heavy atom. The normalized spacial score (nSPS) is 22.3. The second kappa shape index (κ2) is 6.69. The third-order valence-corrected chi connectivity index (χ3v) is 5.50. The SMILES string of the molecule is CN1C(=O)[C@H](CC(=O)NC2CCCCC2)Sc2ncccc21. The van der Waals surface area contributed by atoms with Gasteiger partial charge in [0.2, 0.25) is 11.8 Å². The molecule has 0 unspecified atom stereocenters. The fraction of sp³-hybridized carbons (Fsp3) is 0.562. The number of hydrogen-bond donors (Lipinski definition) is 1. The highest BCUT2D eigenvalue weighted by Crippen LogP contribution is 2.37. The maximum absolute atomic E-state index is 12.4. The van der Waals surface area contributed by atoms with Crippen LogP contribution in [0.4, 0.5) is 5.69 Å². The molecule has 2 amide bonds. The number of anilines is 1. The van der Waals surface area contributed by atoms with Crippen molar-refractivity contribution in [2.75, 3.05) is 11.9 Å². The number of amides is 2. The summed E-state index contributed by atoms with van der Waals surface area (Å²) in [4.78, 5) is 30.6. The average molecular weight is 319 g/mol. The van der Waals surface area contributed by atoms with E-state index in [9.17, 15) is 9.59 Å². The lowest BCUT2D eigenvalue weighted by atomic mass is 9.95. The first kappa shape index (κ1) is 15.3. The van der Waals surface area contributed by atoms with Crippen molar-refractivity contribution in [1.82, 2.24) is 10.3 Å². The van der Waals surface area contributed by atoms with E-state index in [4.69, 9.17) is 0 Å². The number of hydrogen-bond acceptors (Lipinski definition) is 4. The first-order chi connectivity index (χ1) is 10.6. The fourth-order valence-electron chi connectivity index (χ4n) is 3.08. The molecule has 0 saturated heterocycles. The van der Waals surface area contributed by atoms with E-state index >= 15 is 0 Å². The predicted molar refractivity (Wildman–Crippen MR) is 86.9 cm³/mol. The monoisotopic (exact) mass is 319 g/mol. The first-order valence-electron chi connectivity index (χ1n) is 7.84. The molecule has 0 bridgehead atoms. The van der Waals surface area contributed by atoms with Crippen molar-refractivity contribution in [3.63, 3.8) is 0 Å². The zero-order chi connectivity index (χ0) is 15.5. The molecule has 1 aliphatic carbocycles. The maximum atomic E-state index is 12.4. The van der Waals surface area contributed by atoms with Crippen LogP contribution >= 0.6 is 11.8 Å². The molecule has 1 aromatic heterocycles. The summed E-state index contributed by atoms with van der Waals surface area (Å²) in [7, 11) is 1.74. The van der Waals surface area contributed by atoms with Gasteiger partial charge in [-0.3, -0.25) is 9.59 Å². The molecular weight excluding hydrogens is 298 g/mol. The van der Waals surface area contributed by atoms with E-state index in [1.54, 1.807) is 18.1 Å².